The van der Waals surface area contributed by atoms with Gasteiger partial charge in [0.1, 0.15) is 11.9 Å². The molecule has 1 heterocycles. The van der Waals surface area contributed by atoms with Crippen molar-refractivity contribution in [2.24, 2.45) is 0 Å². The third kappa shape index (κ3) is 3.03. The highest BCUT2D eigenvalue weighted by atomic mass is 16.7. The Morgan fingerprint density at radius 3 is 2.65 bits per heavy atom. The molecule has 1 aromatic rings. The maximum absolute atomic E-state index is 9.00. The number of methoxy groups -OCH3 is 1. The minimum Gasteiger partial charge on any atom is -0.497 e. The first-order chi connectivity index (χ1) is 9.62. The number of ether oxygens (including phenoxy) is 3. The smallest absolute Gasteiger partial charge is 0.185 e. The summed E-state index contributed by atoms with van der Waals surface area (Å²) >= 11 is 0. The van der Waals surface area contributed by atoms with Crippen LogP contribution in [0.2, 0.25) is 0 Å². The Hall–Kier alpha value is -1.36. The fraction of sp³-hybridized carbons (Fsp3) is 0.500. The van der Waals surface area contributed by atoms with Crippen molar-refractivity contribution in [1.82, 2.24) is 0 Å². The van der Waals surface area contributed by atoms with E-state index < -0.39 is 11.9 Å². The number of aliphatic hydroxyl groups excluding tert-OH is 1. The van der Waals surface area contributed by atoms with Crippen LogP contribution in [0.1, 0.15) is 31.6 Å². The van der Waals surface area contributed by atoms with Crippen LogP contribution in [0.15, 0.2) is 36.9 Å². The van der Waals surface area contributed by atoms with Gasteiger partial charge in [0.05, 0.1) is 12.7 Å². The Morgan fingerprint density at radius 2 is 2.10 bits per heavy atom. The van der Waals surface area contributed by atoms with E-state index in [1.54, 1.807) is 13.2 Å². The van der Waals surface area contributed by atoms with Crippen molar-refractivity contribution < 1.29 is 19.3 Å². The topological polar surface area (TPSA) is 47.9 Å². The predicted molar refractivity (Wildman–Crippen MR) is 76.6 cm³/mol. The van der Waals surface area contributed by atoms with Crippen LogP contribution in [0.3, 0.4) is 0 Å². The van der Waals surface area contributed by atoms with E-state index in [2.05, 4.69) is 6.58 Å². The molecule has 0 amide bonds. The maximum Gasteiger partial charge on any atom is 0.185 e. The number of aliphatic hydroxyl groups is 1. The van der Waals surface area contributed by atoms with E-state index in [9.17, 15) is 0 Å². The van der Waals surface area contributed by atoms with Gasteiger partial charge in [0.15, 0.2) is 6.29 Å². The van der Waals surface area contributed by atoms with E-state index in [0.717, 1.165) is 17.7 Å². The van der Waals surface area contributed by atoms with Crippen molar-refractivity contribution in [3.63, 3.8) is 0 Å². The Kier molecular flexibility index (Phi) is 4.81. The molecule has 1 N–H and O–H groups in total. The quantitative estimate of drug-likeness (QED) is 0.813. The van der Waals surface area contributed by atoms with Gasteiger partial charge < -0.3 is 19.3 Å². The van der Waals surface area contributed by atoms with Gasteiger partial charge >= 0.3 is 0 Å². The second kappa shape index (κ2) is 6.39. The summed E-state index contributed by atoms with van der Waals surface area (Å²) in [7, 11) is 1.64. The zero-order valence-electron chi connectivity index (χ0n) is 12.0. The lowest BCUT2D eigenvalue weighted by molar-refractivity contribution is -0.0904. The lowest BCUT2D eigenvalue weighted by Crippen LogP contribution is -2.35. The van der Waals surface area contributed by atoms with E-state index in [-0.39, 0.29) is 12.7 Å². The van der Waals surface area contributed by atoms with Crippen molar-refractivity contribution >= 4 is 0 Å². The molecule has 0 bridgehead atoms. The summed E-state index contributed by atoms with van der Waals surface area (Å²) in [6.45, 7) is 5.96. The van der Waals surface area contributed by atoms with Crippen LogP contribution in [0, 0.1) is 0 Å². The fourth-order valence-corrected chi connectivity index (χ4v) is 2.46. The van der Waals surface area contributed by atoms with Gasteiger partial charge in [-0.2, -0.15) is 0 Å². The van der Waals surface area contributed by atoms with Crippen molar-refractivity contribution in [3.8, 4) is 5.75 Å². The minimum absolute atomic E-state index is 0.149. The lowest BCUT2D eigenvalue weighted by atomic mass is 9.94. The molecule has 0 aliphatic carbocycles. The normalized spacial score (nSPS) is 29.4. The molecule has 1 unspecified atom stereocenters. The van der Waals surface area contributed by atoms with Gasteiger partial charge in [-0.15, -0.1) is 6.58 Å². The van der Waals surface area contributed by atoms with E-state index in [4.69, 9.17) is 19.3 Å². The molecule has 1 aromatic carbocycles. The molecule has 2 rings (SSSR count). The third-order valence-corrected chi connectivity index (χ3v) is 3.68. The third-order valence-electron chi connectivity index (χ3n) is 3.68. The second-order valence-electron chi connectivity index (χ2n) is 5.16. The Balaban J connectivity index is 2.12. The van der Waals surface area contributed by atoms with E-state index in [0.29, 0.717) is 6.42 Å². The molecule has 0 radical (unpaired) electrons. The molecule has 4 nitrogen and oxygen atoms in total. The molecule has 0 aromatic heterocycles. The van der Waals surface area contributed by atoms with Crippen molar-refractivity contribution in [2.45, 2.75) is 37.8 Å². The standard InChI is InChI=1S/C16H22O4/c1-4-14-16(2,10-5-11-17)20-15(19-14)12-6-8-13(18-3)9-7-12/h4,6-9,14-15,17H,1,5,10-11H2,2-3H3/t14-,15?,16+/m0/s1. The summed E-state index contributed by atoms with van der Waals surface area (Å²) in [5, 5.41) is 9.00. The zero-order chi connectivity index (χ0) is 14.6. The molecular weight excluding hydrogens is 256 g/mol. The summed E-state index contributed by atoms with van der Waals surface area (Å²) in [4.78, 5) is 0. The highest BCUT2D eigenvalue weighted by Crippen LogP contribution is 2.41. The molecule has 3 atom stereocenters. The molecule has 0 spiro atoms. The molecular formula is C16H22O4. The summed E-state index contributed by atoms with van der Waals surface area (Å²) in [5.41, 5.74) is 0.500. The summed E-state index contributed by atoms with van der Waals surface area (Å²) in [6, 6.07) is 7.63. The monoisotopic (exact) mass is 278 g/mol. The van der Waals surface area contributed by atoms with Crippen LogP contribution in [-0.2, 0) is 9.47 Å². The Labute approximate surface area is 120 Å². The van der Waals surface area contributed by atoms with Crippen LogP contribution in [0.4, 0.5) is 0 Å². The van der Waals surface area contributed by atoms with Crippen LogP contribution in [0.25, 0.3) is 0 Å². The predicted octanol–water partition coefficient (Wildman–Crippen LogP) is 2.83. The Bertz CT molecular complexity index is 442. The van der Waals surface area contributed by atoms with Gasteiger partial charge in [-0.3, -0.25) is 0 Å². The summed E-state index contributed by atoms with van der Waals surface area (Å²) in [5.74, 6) is 0.801. The van der Waals surface area contributed by atoms with E-state index >= 15 is 0 Å². The van der Waals surface area contributed by atoms with Gasteiger partial charge in [0, 0.05) is 12.2 Å². The first kappa shape index (κ1) is 15.0. The SMILES string of the molecule is C=C[C@@H]1OC(c2ccc(OC)cc2)O[C@]1(C)CCCO. The average Bonchev–Trinajstić information content (AvgIpc) is 2.82. The molecule has 110 valence electrons. The van der Waals surface area contributed by atoms with Gasteiger partial charge in [0.25, 0.3) is 0 Å². The number of hydrogen-bond donors (Lipinski definition) is 1. The van der Waals surface area contributed by atoms with Crippen LogP contribution >= 0.6 is 0 Å². The minimum atomic E-state index is -0.449. The Morgan fingerprint density at radius 1 is 1.40 bits per heavy atom. The molecule has 1 aliphatic heterocycles. The molecule has 1 saturated heterocycles. The van der Waals surface area contributed by atoms with Crippen LogP contribution in [-0.4, -0.2) is 30.5 Å². The average molecular weight is 278 g/mol. The fourth-order valence-electron chi connectivity index (χ4n) is 2.46. The summed E-state index contributed by atoms with van der Waals surface area (Å²) in [6.07, 6.45) is 2.58. The zero-order valence-corrected chi connectivity index (χ0v) is 12.0. The van der Waals surface area contributed by atoms with Crippen LogP contribution < -0.4 is 4.74 Å². The van der Waals surface area contributed by atoms with Gasteiger partial charge in [-0.05, 0) is 31.9 Å². The lowest BCUT2D eigenvalue weighted by Gasteiger charge is -2.26. The van der Waals surface area contributed by atoms with Crippen molar-refractivity contribution in [3.05, 3.63) is 42.5 Å². The first-order valence-corrected chi connectivity index (χ1v) is 6.83. The molecule has 4 heteroatoms. The van der Waals surface area contributed by atoms with Gasteiger partial charge in [0.2, 0.25) is 0 Å². The van der Waals surface area contributed by atoms with Crippen LogP contribution in [0.5, 0.6) is 5.75 Å². The number of benzene rings is 1. The highest BCUT2D eigenvalue weighted by molar-refractivity contribution is 5.28. The molecule has 1 fully saturated rings. The van der Waals surface area contributed by atoms with Gasteiger partial charge in [-0.25, -0.2) is 0 Å². The van der Waals surface area contributed by atoms with E-state index in [1.807, 2.05) is 31.2 Å². The second-order valence-corrected chi connectivity index (χ2v) is 5.16. The summed E-state index contributed by atoms with van der Waals surface area (Å²) < 4.78 is 17.1. The van der Waals surface area contributed by atoms with E-state index in [1.165, 1.54) is 0 Å². The molecule has 20 heavy (non-hydrogen) atoms. The molecule has 1 aliphatic rings. The van der Waals surface area contributed by atoms with Gasteiger partial charge in [-0.1, -0.05) is 18.2 Å². The van der Waals surface area contributed by atoms with Crippen molar-refractivity contribution in [1.29, 1.82) is 0 Å². The molecule has 0 saturated carbocycles. The number of rotatable bonds is 6. The highest BCUT2D eigenvalue weighted by Gasteiger charge is 2.44. The first-order valence-electron chi connectivity index (χ1n) is 6.83. The van der Waals surface area contributed by atoms with Crippen molar-refractivity contribution in [2.75, 3.05) is 13.7 Å². The maximum atomic E-state index is 9.00. The number of hydrogen-bond acceptors (Lipinski definition) is 4. The largest absolute Gasteiger partial charge is 0.497 e.